The Morgan fingerprint density at radius 1 is 1.36 bits per heavy atom. The molecule has 1 aliphatic rings. The number of rotatable bonds is 4. The molecule has 0 unspecified atom stereocenters. The Balaban J connectivity index is 1.87. The van der Waals surface area contributed by atoms with Crippen molar-refractivity contribution in [2.24, 2.45) is 5.10 Å². The fourth-order valence-electron chi connectivity index (χ4n) is 1.71. The number of nitrogens with zero attached hydrogens (tertiary/aromatic N) is 2. The summed E-state index contributed by atoms with van der Waals surface area (Å²) >= 11 is 0. The van der Waals surface area contributed by atoms with Crippen LogP contribution in [0.5, 0.6) is 0 Å². The molecule has 0 bridgehead atoms. The van der Waals surface area contributed by atoms with Gasteiger partial charge in [0.05, 0.1) is 11.3 Å². The van der Waals surface area contributed by atoms with Gasteiger partial charge in [-0.05, 0) is 12.1 Å². The quantitative estimate of drug-likeness (QED) is 0.775. The van der Waals surface area contributed by atoms with E-state index in [0.717, 1.165) is 0 Å². The topological polar surface area (TPSA) is 121 Å². The van der Waals surface area contributed by atoms with Gasteiger partial charge in [0, 0.05) is 12.8 Å². The van der Waals surface area contributed by atoms with Gasteiger partial charge in [-0.2, -0.15) is 10.4 Å². The summed E-state index contributed by atoms with van der Waals surface area (Å²) in [5, 5.41) is 15.0. The molecule has 0 fully saturated rings. The van der Waals surface area contributed by atoms with Gasteiger partial charge in [-0.1, -0.05) is 12.1 Å². The first-order valence-corrected chi connectivity index (χ1v) is 6.41. The summed E-state index contributed by atoms with van der Waals surface area (Å²) in [6, 6.07) is 8.40. The molecule has 0 saturated heterocycles. The van der Waals surface area contributed by atoms with Crippen molar-refractivity contribution in [3.63, 3.8) is 0 Å². The molecule has 2 N–H and O–H groups in total. The first-order chi connectivity index (χ1) is 10.6. The summed E-state index contributed by atoms with van der Waals surface area (Å²) in [6.07, 6.45) is 0.319. The number of anilines is 1. The van der Waals surface area contributed by atoms with E-state index in [1.807, 2.05) is 6.07 Å². The summed E-state index contributed by atoms with van der Waals surface area (Å²) in [5.41, 5.74) is 2.88. The van der Waals surface area contributed by atoms with Gasteiger partial charge >= 0.3 is 5.97 Å². The third-order valence-electron chi connectivity index (χ3n) is 2.80. The molecular formula is C14H12N4O4. The first-order valence-electron chi connectivity index (χ1n) is 6.41. The minimum atomic E-state index is -0.760. The summed E-state index contributed by atoms with van der Waals surface area (Å²) in [5.74, 6) is -1.61. The van der Waals surface area contributed by atoms with Gasteiger partial charge in [0.1, 0.15) is 11.8 Å². The summed E-state index contributed by atoms with van der Waals surface area (Å²) < 4.78 is 4.81. The lowest BCUT2D eigenvalue weighted by Gasteiger charge is -2.11. The number of hydrogen-bond donors (Lipinski definition) is 2. The van der Waals surface area contributed by atoms with Crippen molar-refractivity contribution in [2.75, 3.05) is 11.9 Å². The molecule has 0 spiro atoms. The highest BCUT2D eigenvalue weighted by Crippen LogP contribution is 2.13. The molecule has 22 heavy (non-hydrogen) atoms. The van der Waals surface area contributed by atoms with Gasteiger partial charge in [0.15, 0.2) is 6.61 Å². The van der Waals surface area contributed by atoms with Crippen LogP contribution in [0.2, 0.25) is 0 Å². The van der Waals surface area contributed by atoms with Crippen LogP contribution in [0.3, 0.4) is 0 Å². The van der Waals surface area contributed by atoms with Crippen molar-refractivity contribution >= 4 is 29.2 Å². The van der Waals surface area contributed by atoms with E-state index in [1.54, 1.807) is 24.3 Å². The lowest BCUT2D eigenvalue weighted by atomic mass is 10.2. The van der Waals surface area contributed by atoms with Crippen molar-refractivity contribution in [1.82, 2.24) is 5.43 Å². The predicted molar refractivity (Wildman–Crippen MR) is 75.6 cm³/mol. The summed E-state index contributed by atoms with van der Waals surface area (Å²) in [6.45, 7) is -0.508. The fraction of sp³-hybridized carbons (Fsp3) is 0.214. The van der Waals surface area contributed by atoms with Gasteiger partial charge < -0.3 is 10.1 Å². The van der Waals surface area contributed by atoms with Gasteiger partial charge in [-0.25, -0.2) is 10.2 Å². The number of amides is 2. The van der Waals surface area contributed by atoms with Crippen LogP contribution in [0.1, 0.15) is 18.4 Å². The third kappa shape index (κ3) is 3.89. The molecule has 0 aliphatic carbocycles. The average Bonchev–Trinajstić information content (AvgIpc) is 2.54. The maximum Gasteiger partial charge on any atom is 0.355 e. The van der Waals surface area contributed by atoms with Crippen LogP contribution in [0.25, 0.3) is 0 Å². The van der Waals surface area contributed by atoms with Crippen LogP contribution in [0.4, 0.5) is 5.69 Å². The molecule has 1 aromatic rings. The number of carbonyl (C=O) groups is 3. The second-order valence-corrected chi connectivity index (χ2v) is 4.38. The number of esters is 1. The highest BCUT2D eigenvalue weighted by molar-refractivity contribution is 6.37. The van der Waals surface area contributed by atoms with Crippen LogP contribution < -0.4 is 10.7 Å². The highest BCUT2D eigenvalue weighted by Gasteiger charge is 2.20. The molecule has 0 atom stereocenters. The van der Waals surface area contributed by atoms with Gasteiger partial charge in [0.25, 0.3) is 5.91 Å². The van der Waals surface area contributed by atoms with Crippen LogP contribution in [0, 0.1) is 11.3 Å². The molecule has 0 radical (unpaired) electrons. The maximum absolute atomic E-state index is 11.7. The normalized spacial score (nSPS) is 13.4. The molecule has 1 heterocycles. The molecule has 0 saturated carbocycles. The highest BCUT2D eigenvalue weighted by atomic mass is 16.5. The van der Waals surface area contributed by atoms with Crippen LogP contribution in [0.15, 0.2) is 29.4 Å². The first kappa shape index (κ1) is 15.2. The van der Waals surface area contributed by atoms with Gasteiger partial charge in [-0.3, -0.25) is 9.59 Å². The van der Waals surface area contributed by atoms with E-state index in [4.69, 9.17) is 10.00 Å². The zero-order chi connectivity index (χ0) is 15.9. The van der Waals surface area contributed by atoms with E-state index < -0.39 is 18.5 Å². The maximum atomic E-state index is 11.7. The number of nitriles is 1. The summed E-state index contributed by atoms with van der Waals surface area (Å²) in [4.78, 5) is 34.3. The number of ether oxygens (including phenoxy) is 1. The Labute approximate surface area is 125 Å². The zero-order valence-electron chi connectivity index (χ0n) is 11.5. The number of hydrazone groups is 1. The average molecular weight is 300 g/mol. The monoisotopic (exact) mass is 300 g/mol. The number of benzene rings is 1. The van der Waals surface area contributed by atoms with Gasteiger partial charge in [0.2, 0.25) is 5.91 Å². The van der Waals surface area contributed by atoms with E-state index in [9.17, 15) is 14.4 Å². The molecule has 2 amide bonds. The number of para-hydroxylation sites is 1. The third-order valence-corrected chi connectivity index (χ3v) is 2.80. The van der Waals surface area contributed by atoms with Crippen molar-refractivity contribution in [3.8, 4) is 6.07 Å². The summed E-state index contributed by atoms with van der Waals surface area (Å²) in [7, 11) is 0. The smallest absolute Gasteiger partial charge is 0.355 e. The second kappa shape index (κ2) is 6.99. The molecule has 2 rings (SSSR count). The van der Waals surface area contributed by atoms with E-state index in [-0.39, 0.29) is 24.5 Å². The molecule has 0 aromatic heterocycles. The van der Waals surface area contributed by atoms with E-state index >= 15 is 0 Å². The Hall–Kier alpha value is -3.21. The lowest BCUT2D eigenvalue weighted by Crippen LogP contribution is -2.32. The minimum Gasteiger partial charge on any atom is -0.451 e. The molecule has 1 aliphatic heterocycles. The lowest BCUT2D eigenvalue weighted by molar-refractivity contribution is -0.140. The van der Waals surface area contributed by atoms with Crippen molar-refractivity contribution in [3.05, 3.63) is 29.8 Å². The van der Waals surface area contributed by atoms with Crippen LogP contribution in [-0.4, -0.2) is 30.1 Å². The molecule has 1 aromatic carbocycles. The van der Waals surface area contributed by atoms with Gasteiger partial charge in [-0.15, -0.1) is 0 Å². The van der Waals surface area contributed by atoms with E-state index in [2.05, 4.69) is 15.8 Å². The van der Waals surface area contributed by atoms with E-state index in [0.29, 0.717) is 11.3 Å². The molecule has 112 valence electrons. The molecular weight excluding hydrogens is 288 g/mol. The van der Waals surface area contributed by atoms with Crippen molar-refractivity contribution in [1.29, 1.82) is 5.26 Å². The standard InChI is InChI=1S/C14H12N4O4/c15-7-9-3-1-2-4-10(9)16-13(20)8-22-14(21)11-5-6-12(19)18-17-11/h1-4H,5-6,8H2,(H,16,20)(H,18,19). The predicted octanol–water partition coefficient (Wildman–Crippen LogP) is 0.306. The SMILES string of the molecule is N#Cc1ccccc1NC(=O)COC(=O)C1=NNC(=O)CC1. The molecule has 8 heteroatoms. The molecule has 8 nitrogen and oxygen atoms in total. The minimum absolute atomic E-state index is 0.0600. The Morgan fingerprint density at radius 2 is 2.14 bits per heavy atom. The van der Waals surface area contributed by atoms with Crippen LogP contribution >= 0.6 is 0 Å². The Morgan fingerprint density at radius 3 is 2.82 bits per heavy atom. The fourth-order valence-corrected chi connectivity index (χ4v) is 1.71. The Kier molecular flexibility index (Phi) is 4.82. The number of nitrogens with one attached hydrogen (secondary N) is 2. The zero-order valence-corrected chi connectivity index (χ0v) is 11.5. The van der Waals surface area contributed by atoms with Crippen molar-refractivity contribution < 1.29 is 19.1 Å². The number of hydrogen-bond acceptors (Lipinski definition) is 6. The Bertz CT molecular complexity index is 690. The largest absolute Gasteiger partial charge is 0.451 e. The number of carbonyl (C=O) groups excluding carboxylic acids is 3. The second-order valence-electron chi connectivity index (χ2n) is 4.38. The van der Waals surface area contributed by atoms with Crippen LogP contribution in [-0.2, 0) is 19.1 Å². The van der Waals surface area contributed by atoms with E-state index in [1.165, 1.54) is 0 Å². The van der Waals surface area contributed by atoms with Crippen molar-refractivity contribution in [2.45, 2.75) is 12.8 Å².